The lowest BCUT2D eigenvalue weighted by Gasteiger charge is -2.25. The Bertz CT molecular complexity index is 1390. The first-order valence-corrected chi connectivity index (χ1v) is 16.9. The van der Waals surface area contributed by atoms with Crippen molar-refractivity contribution in [3.8, 4) is 0 Å². The minimum Gasteiger partial charge on any atom is -0.381 e. The van der Waals surface area contributed by atoms with Crippen molar-refractivity contribution in [2.24, 2.45) is 0 Å². The van der Waals surface area contributed by atoms with Gasteiger partial charge in [-0.25, -0.2) is 4.98 Å². The van der Waals surface area contributed by atoms with Gasteiger partial charge in [-0.15, -0.1) is 0 Å². The fraction of sp³-hybridized carbons (Fsp3) is 0.571. The van der Waals surface area contributed by atoms with Crippen LogP contribution in [0.25, 0.3) is 11.0 Å². The van der Waals surface area contributed by atoms with Crippen LogP contribution in [0.3, 0.4) is 0 Å². The number of rotatable bonds is 7. The molecule has 1 atom stereocenters. The van der Waals surface area contributed by atoms with E-state index in [1.165, 1.54) is 37.7 Å². The second-order valence-electron chi connectivity index (χ2n) is 12.3. The molecule has 2 aliphatic heterocycles. The largest absolute Gasteiger partial charge is 0.381 e. The van der Waals surface area contributed by atoms with E-state index in [4.69, 9.17) is 19.4 Å². The third kappa shape index (κ3) is 9.76. The molecule has 4 aromatic rings. The van der Waals surface area contributed by atoms with Crippen LogP contribution in [0.15, 0.2) is 55.0 Å². The number of ether oxygens (including phenoxy) is 2. The number of aryl methyl sites for hydroxylation is 1. The van der Waals surface area contributed by atoms with Crippen LogP contribution >= 0.6 is 0 Å². The quantitative estimate of drug-likeness (QED) is 0.203. The van der Waals surface area contributed by atoms with Gasteiger partial charge in [0, 0.05) is 50.8 Å². The third-order valence-electron chi connectivity index (χ3n) is 8.78. The molecule has 3 aromatic heterocycles. The summed E-state index contributed by atoms with van der Waals surface area (Å²) in [5.74, 6) is 1.55. The molecule has 0 amide bonds. The maximum Gasteiger partial charge on any atom is 0.229 e. The summed E-state index contributed by atoms with van der Waals surface area (Å²) < 4.78 is 14.8. The lowest BCUT2D eigenvalue weighted by atomic mass is 9.95. The zero-order valence-electron chi connectivity index (χ0n) is 27.4. The van der Waals surface area contributed by atoms with Crippen LogP contribution < -0.4 is 16.0 Å². The Balaban J connectivity index is 0.000000254. The molecule has 3 fully saturated rings. The Hall–Kier alpha value is -3.47. The molecular weight excluding hydrogens is 564 g/mol. The van der Waals surface area contributed by atoms with Crippen molar-refractivity contribution < 1.29 is 9.47 Å². The van der Waals surface area contributed by atoms with E-state index in [2.05, 4.69) is 77.0 Å². The van der Waals surface area contributed by atoms with Crippen molar-refractivity contribution in [3.05, 3.63) is 60.6 Å². The summed E-state index contributed by atoms with van der Waals surface area (Å²) in [5.41, 5.74) is 4.31. The van der Waals surface area contributed by atoms with Crippen molar-refractivity contribution in [2.75, 3.05) is 50.2 Å². The van der Waals surface area contributed by atoms with Gasteiger partial charge in [0.1, 0.15) is 5.52 Å². The van der Waals surface area contributed by atoms with Crippen molar-refractivity contribution in [2.45, 2.75) is 90.3 Å². The van der Waals surface area contributed by atoms with E-state index < -0.39 is 0 Å². The van der Waals surface area contributed by atoms with Crippen LogP contribution in [0.1, 0.15) is 82.9 Å². The standard InChI is InChI=1S/C24H35N7O.C7H8.C4H9NO/c1-3-17(2)30-12-9-21-22(30)23(26-18-7-5-4-6-8-18)29-24(28-21)27-19-15-25-31(16-19)20-10-13-32-14-11-20;1-7-5-3-2-4-6-7;1-3-6-4-2-5-1/h9,12,15-18,20H,3-8,10-11,13-14H2,1-2H3,(H2,26,27,28,29);2-6H,1H3;5H,1-4H2. The van der Waals surface area contributed by atoms with E-state index in [1.54, 1.807) is 0 Å². The SMILES string of the molecule is C1COCCN1.CCC(C)n1ccc2nc(Nc3cnn(C4CCOCC4)c3)nc(NC3CCCCC3)c21.Cc1ccccc1. The number of morpholine rings is 1. The maximum absolute atomic E-state index is 5.48. The fourth-order valence-electron chi connectivity index (χ4n) is 5.96. The number of anilines is 3. The van der Waals surface area contributed by atoms with Crippen molar-refractivity contribution in [3.63, 3.8) is 0 Å². The highest BCUT2D eigenvalue weighted by molar-refractivity contribution is 5.88. The molecule has 10 heteroatoms. The van der Waals surface area contributed by atoms with E-state index in [1.807, 2.05) is 29.1 Å². The molecule has 1 unspecified atom stereocenters. The van der Waals surface area contributed by atoms with E-state index in [-0.39, 0.29) is 0 Å². The van der Waals surface area contributed by atoms with E-state index in [0.29, 0.717) is 24.1 Å². The summed E-state index contributed by atoms with van der Waals surface area (Å²) in [6.45, 7) is 12.0. The molecule has 1 saturated carbocycles. The highest BCUT2D eigenvalue weighted by atomic mass is 16.5. The molecule has 2 saturated heterocycles. The lowest BCUT2D eigenvalue weighted by molar-refractivity contribution is 0.0662. The second-order valence-corrected chi connectivity index (χ2v) is 12.3. The molecule has 7 rings (SSSR count). The van der Waals surface area contributed by atoms with E-state index in [9.17, 15) is 0 Å². The van der Waals surface area contributed by atoms with E-state index >= 15 is 0 Å². The Labute approximate surface area is 268 Å². The molecule has 0 bridgehead atoms. The van der Waals surface area contributed by atoms with Crippen LogP contribution in [-0.2, 0) is 9.47 Å². The number of benzene rings is 1. The average molecular weight is 617 g/mol. The fourth-order valence-corrected chi connectivity index (χ4v) is 5.96. The Morgan fingerprint density at radius 2 is 1.67 bits per heavy atom. The molecule has 1 aromatic carbocycles. The highest BCUT2D eigenvalue weighted by Gasteiger charge is 2.21. The number of hydrogen-bond donors (Lipinski definition) is 3. The lowest BCUT2D eigenvalue weighted by Crippen LogP contribution is -2.30. The van der Waals surface area contributed by atoms with Crippen molar-refractivity contribution >= 4 is 28.5 Å². The van der Waals surface area contributed by atoms with Gasteiger partial charge in [0.2, 0.25) is 5.95 Å². The predicted octanol–water partition coefficient (Wildman–Crippen LogP) is 7.04. The number of nitrogens with one attached hydrogen (secondary N) is 3. The van der Waals surface area contributed by atoms with Crippen LogP contribution in [0, 0.1) is 6.92 Å². The normalized spacial score (nSPS) is 18.3. The van der Waals surface area contributed by atoms with Gasteiger partial charge in [0.05, 0.1) is 36.7 Å². The summed E-state index contributed by atoms with van der Waals surface area (Å²) in [4.78, 5) is 9.79. The molecule has 45 heavy (non-hydrogen) atoms. The van der Waals surface area contributed by atoms with Gasteiger partial charge in [-0.2, -0.15) is 10.1 Å². The Morgan fingerprint density at radius 1 is 0.933 bits per heavy atom. The molecule has 1 aliphatic carbocycles. The highest BCUT2D eigenvalue weighted by Crippen LogP contribution is 2.31. The summed E-state index contributed by atoms with van der Waals surface area (Å²) in [6.07, 6.45) is 15.5. The van der Waals surface area contributed by atoms with Gasteiger partial charge < -0.3 is 30.0 Å². The molecule has 3 aliphatic rings. The summed E-state index contributed by atoms with van der Waals surface area (Å²) in [5, 5.41) is 14.9. The van der Waals surface area contributed by atoms with Gasteiger partial charge in [0.15, 0.2) is 5.82 Å². The number of nitrogens with zero attached hydrogens (tertiary/aromatic N) is 5. The Kier molecular flexibility index (Phi) is 12.6. The summed E-state index contributed by atoms with van der Waals surface area (Å²) in [6, 6.07) is 13.6. The van der Waals surface area contributed by atoms with Crippen LogP contribution in [0.2, 0.25) is 0 Å². The molecule has 3 N–H and O–H groups in total. The van der Waals surface area contributed by atoms with Crippen molar-refractivity contribution in [1.29, 1.82) is 0 Å². The number of aromatic nitrogens is 5. The Morgan fingerprint density at radius 3 is 2.29 bits per heavy atom. The monoisotopic (exact) mass is 616 g/mol. The molecule has 244 valence electrons. The molecule has 0 spiro atoms. The van der Waals surface area contributed by atoms with Gasteiger partial charge in [0.25, 0.3) is 0 Å². The molecule has 0 radical (unpaired) electrons. The van der Waals surface area contributed by atoms with Crippen LogP contribution in [0.4, 0.5) is 17.5 Å². The van der Waals surface area contributed by atoms with E-state index in [0.717, 1.165) is 81.3 Å². The van der Waals surface area contributed by atoms with Crippen molar-refractivity contribution in [1.82, 2.24) is 29.6 Å². The maximum atomic E-state index is 5.48. The van der Waals surface area contributed by atoms with Gasteiger partial charge in [-0.1, -0.05) is 62.1 Å². The van der Waals surface area contributed by atoms with Gasteiger partial charge in [-0.3, -0.25) is 4.68 Å². The molecule has 5 heterocycles. The molecular formula is C35H52N8O2. The first-order valence-electron chi connectivity index (χ1n) is 16.9. The summed E-state index contributed by atoms with van der Waals surface area (Å²) >= 11 is 0. The van der Waals surface area contributed by atoms with Crippen LogP contribution in [0.5, 0.6) is 0 Å². The first kappa shape index (κ1) is 32.9. The number of fused-ring (bicyclic) bond motifs is 1. The predicted molar refractivity (Wildman–Crippen MR) is 182 cm³/mol. The summed E-state index contributed by atoms with van der Waals surface area (Å²) in [7, 11) is 0. The second kappa shape index (κ2) is 17.3. The number of hydrogen-bond acceptors (Lipinski definition) is 8. The topological polar surface area (TPSA) is 103 Å². The average Bonchev–Trinajstić information content (AvgIpc) is 3.75. The smallest absolute Gasteiger partial charge is 0.229 e. The molecule has 10 nitrogen and oxygen atoms in total. The van der Waals surface area contributed by atoms with Gasteiger partial charge >= 0.3 is 0 Å². The van der Waals surface area contributed by atoms with Gasteiger partial charge in [-0.05, 0) is 52.0 Å². The zero-order valence-corrected chi connectivity index (χ0v) is 27.4. The third-order valence-corrected chi connectivity index (χ3v) is 8.78. The van der Waals surface area contributed by atoms with Crippen LogP contribution in [-0.4, -0.2) is 69.9 Å². The first-order chi connectivity index (χ1) is 22.1. The minimum atomic E-state index is 0.399. The minimum absolute atomic E-state index is 0.399. The zero-order chi connectivity index (χ0) is 31.3.